The standard InChI is InChI=1S/C23H15BrCl6N4O/c24-13-3-1-12(2-4-13)17-18-20(33-7-9-35-10-8-33)31-22(23(28,29)30)32-21(18)34(19(17)27)16-6-5-14(25)11-15(16)26/h1-6,11H,7-10H2. The van der Waals surface area contributed by atoms with Crippen LogP contribution in [0.1, 0.15) is 5.82 Å². The molecule has 12 heteroatoms. The van der Waals surface area contributed by atoms with Gasteiger partial charge in [0.2, 0.25) is 3.79 Å². The third-order valence-electron chi connectivity index (χ3n) is 5.58. The molecule has 1 aliphatic heterocycles. The Morgan fingerprint density at radius 2 is 1.60 bits per heavy atom. The number of anilines is 1. The SMILES string of the molecule is Clc1ccc(-n2c(Cl)c(-c3ccc(Br)cc3)c3c(N4CCOCC4)nc(C(Cl)(Cl)Cl)nc32)c(Cl)c1. The van der Waals surface area contributed by atoms with Crippen LogP contribution in [0.4, 0.5) is 5.82 Å². The van der Waals surface area contributed by atoms with Gasteiger partial charge in [-0.05, 0) is 35.9 Å². The molecule has 1 fully saturated rings. The fourth-order valence-corrected chi connectivity index (χ4v) is 5.41. The zero-order valence-corrected chi connectivity index (χ0v) is 23.8. The van der Waals surface area contributed by atoms with Crippen molar-refractivity contribution >= 4 is 102 Å². The predicted octanol–water partition coefficient (Wildman–Crippen LogP) is 8.47. The maximum Gasteiger partial charge on any atom is 0.250 e. The Kier molecular flexibility index (Phi) is 7.39. The van der Waals surface area contributed by atoms with Crippen molar-refractivity contribution < 1.29 is 4.74 Å². The number of alkyl halides is 3. The molecule has 4 aromatic rings. The highest BCUT2D eigenvalue weighted by molar-refractivity contribution is 9.10. The highest BCUT2D eigenvalue weighted by Gasteiger charge is 2.33. The van der Waals surface area contributed by atoms with Gasteiger partial charge in [0.15, 0.2) is 11.5 Å². The summed E-state index contributed by atoms with van der Waals surface area (Å²) in [7, 11) is 0. The van der Waals surface area contributed by atoms with Crippen LogP contribution in [-0.2, 0) is 8.53 Å². The van der Waals surface area contributed by atoms with Crippen molar-refractivity contribution in [3.05, 3.63) is 68.0 Å². The van der Waals surface area contributed by atoms with Crippen LogP contribution >= 0.6 is 85.5 Å². The first-order valence-corrected chi connectivity index (χ1v) is 13.4. The van der Waals surface area contributed by atoms with E-state index in [1.165, 1.54) is 0 Å². The van der Waals surface area contributed by atoms with Gasteiger partial charge in [0.25, 0.3) is 0 Å². The molecule has 0 unspecified atom stereocenters. The quantitative estimate of drug-likeness (QED) is 0.208. The number of aromatic nitrogens is 3. The molecule has 0 N–H and O–H groups in total. The number of nitrogens with zero attached hydrogens (tertiary/aromatic N) is 4. The molecule has 5 nitrogen and oxygen atoms in total. The molecule has 1 aliphatic rings. The molecular weight excluding hydrogens is 641 g/mol. The van der Waals surface area contributed by atoms with Crippen LogP contribution in [0.15, 0.2) is 46.9 Å². The monoisotopic (exact) mass is 652 g/mol. The summed E-state index contributed by atoms with van der Waals surface area (Å²) >= 11 is 42.2. The van der Waals surface area contributed by atoms with Crippen LogP contribution in [-0.4, -0.2) is 40.8 Å². The number of morpholine rings is 1. The summed E-state index contributed by atoms with van der Waals surface area (Å²) in [6, 6.07) is 12.9. The molecule has 0 radical (unpaired) electrons. The van der Waals surface area contributed by atoms with E-state index in [1.807, 2.05) is 24.3 Å². The molecule has 0 atom stereocenters. The van der Waals surface area contributed by atoms with E-state index in [2.05, 4.69) is 25.8 Å². The fourth-order valence-electron chi connectivity index (χ4n) is 4.02. The Morgan fingerprint density at radius 1 is 0.914 bits per heavy atom. The molecule has 0 saturated carbocycles. The van der Waals surface area contributed by atoms with Crippen LogP contribution < -0.4 is 4.90 Å². The first kappa shape index (κ1) is 25.7. The van der Waals surface area contributed by atoms with Gasteiger partial charge in [-0.15, -0.1) is 0 Å². The van der Waals surface area contributed by atoms with Gasteiger partial charge >= 0.3 is 0 Å². The molecule has 1 saturated heterocycles. The van der Waals surface area contributed by atoms with Gasteiger partial charge in [-0.1, -0.05) is 97.7 Å². The van der Waals surface area contributed by atoms with Crippen molar-refractivity contribution in [1.29, 1.82) is 0 Å². The van der Waals surface area contributed by atoms with Gasteiger partial charge in [0.1, 0.15) is 11.0 Å². The summed E-state index contributed by atoms with van der Waals surface area (Å²) in [5, 5.41) is 1.98. The molecule has 182 valence electrons. The van der Waals surface area contributed by atoms with Crippen LogP contribution in [0.3, 0.4) is 0 Å². The molecule has 0 aliphatic carbocycles. The number of hydrogen-bond acceptors (Lipinski definition) is 4. The topological polar surface area (TPSA) is 43.2 Å². The summed E-state index contributed by atoms with van der Waals surface area (Å²) < 4.78 is 6.36. The van der Waals surface area contributed by atoms with Crippen molar-refractivity contribution in [1.82, 2.24) is 14.5 Å². The zero-order chi connectivity index (χ0) is 24.9. The van der Waals surface area contributed by atoms with Gasteiger partial charge in [0, 0.05) is 28.1 Å². The van der Waals surface area contributed by atoms with E-state index in [0.717, 1.165) is 15.6 Å². The molecular formula is C23H15BrCl6N4O. The molecule has 3 heterocycles. The number of benzene rings is 2. The van der Waals surface area contributed by atoms with Crippen molar-refractivity contribution in [2.75, 3.05) is 31.2 Å². The van der Waals surface area contributed by atoms with E-state index in [-0.39, 0.29) is 5.82 Å². The second-order valence-electron chi connectivity index (χ2n) is 7.77. The lowest BCUT2D eigenvalue weighted by Gasteiger charge is -2.29. The fraction of sp³-hybridized carbons (Fsp3) is 0.217. The van der Waals surface area contributed by atoms with Crippen LogP contribution in [0, 0.1) is 0 Å². The van der Waals surface area contributed by atoms with Crippen LogP contribution in [0.2, 0.25) is 15.2 Å². The van der Waals surface area contributed by atoms with E-state index in [1.54, 1.807) is 22.8 Å². The summed E-state index contributed by atoms with van der Waals surface area (Å²) in [4.78, 5) is 11.5. The molecule has 0 spiro atoms. The van der Waals surface area contributed by atoms with E-state index in [0.29, 0.717) is 64.0 Å². The van der Waals surface area contributed by atoms with E-state index in [4.69, 9.17) is 79.3 Å². The van der Waals surface area contributed by atoms with E-state index < -0.39 is 3.79 Å². The van der Waals surface area contributed by atoms with E-state index >= 15 is 0 Å². The highest BCUT2D eigenvalue weighted by Crippen LogP contribution is 2.46. The number of ether oxygens (including phenoxy) is 1. The maximum atomic E-state index is 7.10. The lowest BCUT2D eigenvalue weighted by atomic mass is 10.1. The lowest BCUT2D eigenvalue weighted by Crippen LogP contribution is -2.37. The first-order valence-electron chi connectivity index (χ1n) is 10.4. The summed E-state index contributed by atoms with van der Waals surface area (Å²) in [6.45, 7) is 2.30. The van der Waals surface area contributed by atoms with Gasteiger partial charge in [-0.25, -0.2) is 9.97 Å². The maximum absolute atomic E-state index is 7.10. The minimum Gasteiger partial charge on any atom is -0.378 e. The molecule has 0 amide bonds. The van der Waals surface area contributed by atoms with Gasteiger partial charge < -0.3 is 9.64 Å². The van der Waals surface area contributed by atoms with Crippen LogP contribution in [0.25, 0.3) is 27.8 Å². The predicted molar refractivity (Wildman–Crippen MR) is 149 cm³/mol. The summed E-state index contributed by atoms with van der Waals surface area (Å²) in [6.07, 6.45) is 0. The minimum atomic E-state index is -1.86. The zero-order valence-electron chi connectivity index (χ0n) is 17.7. The second kappa shape index (κ2) is 10.1. The molecule has 2 aromatic carbocycles. The number of halogens is 7. The third kappa shape index (κ3) is 4.97. The Labute approximate surface area is 239 Å². The first-order chi connectivity index (χ1) is 16.6. The normalized spacial score (nSPS) is 14.7. The summed E-state index contributed by atoms with van der Waals surface area (Å²) in [5.74, 6) is 0.627. The smallest absolute Gasteiger partial charge is 0.250 e. The van der Waals surface area contributed by atoms with Crippen LogP contribution in [0.5, 0.6) is 0 Å². The second-order valence-corrected chi connectivity index (χ2v) is 12.2. The molecule has 35 heavy (non-hydrogen) atoms. The lowest BCUT2D eigenvalue weighted by molar-refractivity contribution is 0.122. The van der Waals surface area contributed by atoms with Gasteiger partial charge in [-0.3, -0.25) is 4.57 Å². The highest BCUT2D eigenvalue weighted by atomic mass is 79.9. The number of hydrogen-bond donors (Lipinski definition) is 0. The Balaban J connectivity index is 1.92. The third-order valence-corrected chi connectivity index (χ3v) is 7.51. The molecule has 0 bridgehead atoms. The number of rotatable bonds is 3. The molecule has 2 aromatic heterocycles. The Morgan fingerprint density at radius 3 is 2.23 bits per heavy atom. The largest absolute Gasteiger partial charge is 0.378 e. The van der Waals surface area contributed by atoms with Crippen molar-refractivity contribution in [3.8, 4) is 16.8 Å². The van der Waals surface area contributed by atoms with Gasteiger partial charge in [0.05, 0.1) is 29.3 Å². The van der Waals surface area contributed by atoms with Gasteiger partial charge in [-0.2, -0.15) is 0 Å². The Bertz CT molecular complexity index is 1410. The van der Waals surface area contributed by atoms with Crippen molar-refractivity contribution in [2.24, 2.45) is 0 Å². The number of fused-ring (bicyclic) bond motifs is 1. The minimum absolute atomic E-state index is 0.0272. The van der Waals surface area contributed by atoms with E-state index in [9.17, 15) is 0 Å². The average molecular weight is 656 g/mol. The summed E-state index contributed by atoms with van der Waals surface area (Å²) in [5.41, 5.74) is 2.63. The van der Waals surface area contributed by atoms with Crippen molar-refractivity contribution in [2.45, 2.75) is 3.79 Å². The average Bonchev–Trinajstić information content (AvgIpc) is 3.11. The van der Waals surface area contributed by atoms with Crippen molar-refractivity contribution in [3.63, 3.8) is 0 Å². The molecule has 5 rings (SSSR count). The Hall–Kier alpha value is -0.960.